The Morgan fingerprint density at radius 1 is 0.905 bits per heavy atom. The van der Waals surface area contributed by atoms with Gasteiger partial charge in [0.15, 0.2) is 0 Å². The summed E-state index contributed by atoms with van der Waals surface area (Å²) in [5.41, 5.74) is 10.0. The van der Waals surface area contributed by atoms with Crippen molar-refractivity contribution < 1.29 is 0 Å². The number of hydrogen-bond acceptors (Lipinski definition) is 0. The van der Waals surface area contributed by atoms with Crippen molar-refractivity contribution in [1.82, 2.24) is 0 Å². The SMILES string of the molecule is CCc1c(C)cccc1-c1c(C)cc(C(C)CC)cc1C. The second-order valence-electron chi connectivity index (χ2n) is 6.29. The molecular formula is C21H28. The maximum Gasteiger partial charge on any atom is -0.0122 e. The average Bonchev–Trinajstić information content (AvgIpc) is 2.45. The molecular weight excluding hydrogens is 252 g/mol. The van der Waals surface area contributed by atoms with E-state index in [1.165, 1.54) is 45.4 Å². The summed E-state index contributed by atoms with van der Waals surface area (Å²) >= 11 is 0. The van der Waals surface area contributed by atoms with Crippen LogP contribution >= 0.6 is 0 Å². The summed E-state index contributed by atoms with van der Waals surface area (Å²) in [5.74, 6) is 0.639. The number of hydrogen-bond donors (Lipinski definition) is 0. The van der Waals surface area contributed by atoms with Gasteiger partial charge in [-0.15, -0.1) is 0 Å². The van der Waals surface area contributed by atoms with Crippen molar-refractivity contribution in [3.63, 3.8) is 0 Å². The molecule has 0 aliphatic carbocycles. The van der Waals surface area contributed by atoms with E-state index in [1.54, 1.807) is 0 Å². The molecule has 0 saturated carbocycles. The van der Waals surface area contributed by atoms with E-state index in [-0.39, 0.29) is 0 Å². The summed E-state index contributed by atoms with van der Waals surface area (Å²) in [6, 6.07) is 11.5. The zero-order chi connectivity index (χ0) is 15.6. The molecule has 0 heterocycles. The molecule has 0 spiro atoms. The molecule has 0 aliphatic heterocycles. The predicted molar refractivity (Wildman–Crippen MR) is 94.2 cm³/mol. The van der Waals surface area contributed by atoms with Crippen molar-refractivity contribution in [2.75, 3.05) is 0 Å². The van der Waals surface area contributed by atoms with Gasteiger partial charge in [-0.25, -0.2) is 0 Å². The van der Waals surface area contributed by atoms with Crippen molar-refractivity contribution in [2.45, 2.75) is 60.3 Å². The van der Waals surface area contributed by atoms with E-state index in [0.717, 1.165) is 6.42 Å². The van der Waals surface area contributed by atoms with Gasteiger partial charge in [0, 0.05) is 0 Å². The Hall–Kier alpha value is -1.56. The third-order valence-corrected chi connectivity index (χ3v) is 4.77. The van der Waals surface area contributed by atoms with Gasteiger partial charge in [0.1, 0.15) is 0 Å². The van der Waals surface area contributed by atoms with Gasteiger partial charge in [0.2, 0.25) is 0 Å². The molecule has 0 bridgehead atoms. The molecule has 0 nitrogen and oxygen atoms in total. The molecule has 1 atom stereocenters. The lowest BCUT2D eigenvalue weighted by Crippen LogP contribution is -1.99. The van der Waals surface area contributed by atoms with Gasteiger partial charge in [-0.05, 0) is 78.5 Å². The second-order valence-corrected chi connectivity index (χ2v) is 6.29. The van der Waals surface area contributed by atoms with Crippen LogP contribution in [0, 0.1) is 20.8 Å². The fraction of sp³-hybridized carbons (Fsp3) is 0.429. The molecule has 1 unspecified atom stereocenters. The van der Waals surface area contributed by atoms with Gasteiger partial charge in [-0.1, -0.05) is 51.1 Å². The van der Waals surface area contributed by atoms with Crippen LogP contribution < -0.4 is 0 Å². The Bertz CT molecular complexity index is 611. The standard InChI is InChI=1S/C21H28/c1-7-14(3)18-12-16(5)21(17(6)13-18)20-11-9-10-15(4)19(20)8-2/h9-14H,7-8H2,1-6H3. The van der Waals surface area contributed by atoms with Crippen LogP contribution in [0.4, 0.5) is 0 Å². The highest BCUT2D eigenvalue weighted by Crippen LogP contribution is 2.34. The lowest BCUT2D eigenvalue weighted by Gasteiger charge is -2.19. The van der Waals surface area contributed by atoms with E-state index in [2.05, 4.69) is 71.9 Å². The largest absolute Gasteiger partial charge is 0.0648 e. The number of benzene rings is 2. The molecule has 0 aliphatic rings. The molecule has 0 saturated heterocycles. The first-order valence-electron chi connectivity index (χ1n) is 8.19. The molecule has 2 aromatic rings. The first-order chi connectivity index (χ1) is 9.99. The summed E-state index contributed by atoms with van der Waals surface area (Å²) in [6.45, 7) is 13.6. The Morgan fingerprint density at radius 2 is 1.52 bits per heavy atom. The van der Waals surface area contributed by atoms with Crippen LogP contribution in [-0.4, -0.2) is 0 Å². The van der Waals surface area contributed by atoms with Gasteiger partial charge in [0.25, 0.3) is 0 Å². The van der Waals surface area contributed by atoms with Crippen molar-refractivity contribution in [3.8, 4) is 11.1 Å². The highest BCUT2D eigenvalue weighted by molar-refractivity contribution is 5.75. The van der Waals surface area contributed by atoms with Crippen LogP contribution in [0.2, 0.25) is 0 Å². The third kappa shape index (κ3) is 3.05. The zero-order valence-corrected chi connectivity index (χ0v) is 14.4. The fourth-order valence-corrected chi connectivity index (χ4v) is 3.35. The van der Waals surface area contributed by atoms with Crippen LogP contribution in [-0.2, 0) is 6.42 Å². The van der Waals surface area contributed by atoms with E-state index in [1.807, 2.05) is 0 Å². The third-order valence-electron chi connectivity index (χ3n) is 4.77. The molecule has 2 rings (SSSR count). The molecule has 0 heteroatoms. The van der Waals surface area contributed by atoms with E-state index < -0.39 is 0 Å². The summed E-state index contributed by atoms with van der Waals surface area (Å²) in [4.78, 5) is 0. The Balaban J connectivity index is 2.63. The van der Waals surface area contributed by atoms with Gasteiger partial charge in [-0.3, -0.25) is 0 Å². The van der Waals surface area contributed by atoms with Gasteiger partial charge >= 0.3 is 0 Å². The van der Waals surface area contributed by atoms with Crippen molar-refractivity contribution in [2.24, 2.45) is 0 Å². The molecule has 0 aromatic heterocycles. The Kier molecular flexibility index (Phi) is 4.88. The Labute approximate surface area is 130 Å². The minimum atomic E-state index is 0.639. The topological polar surface area (TPSA) is 0 Å². The van der Waals surface area contributed by atoms with Gasteiger partial charge < -0.3 is 0 Å². The minimum Gasteiger partial charge on any atom is -0.0648 e. The van der Waals surface area contributed by atoms with Crippen LogP contribution in [0.25, 0.3) is 11.1 Å². The fourth-order valence-electron chi connectivity index (χ4n) is 3.35. The summed E-state index contributed by atoms with van der Waals surface area (Å²) in [5, 5.41) is 0. The molecule has 0 amide bonds. The minimum absolute atomic E-state index is 0.639. The zero-order valence-electron chi connectivity index (χ0n) is 14.4. The Morgan fingerprint density at radius 3 is 2.05 bits per heavy atom. The van der Waals surface area contributed by atoms with Crippen molar-refractivity contribution in [3.05, 3.63) is 58.1 Å². The molecule has 0 N–H and O–H groups in total. The van der Waals surface area contributed by atoms with Gasteiger partial charge in [-0.2, -0.15) is 0 Å². The number of rotatable bonds is 4. The monoisotopic (exact) mass is 280 g/mol. The van der Waals surface area contributed by atoms with Crippen LogP contribution in [0.15, 0.2) is 30.3 Å². The first kappa shape index (κ1) is 15.8. The van der Waals surface area contributed by atoms with Gasteiger partial charge in [0.05, 0.1) is 0 Å². The predicted octanol–water partition coefficient (Wildman–Crippen LogP) is 6.35. The molecule has 21 heavy (non-hydrogen) atoms. The van der Waals surface area contributed by atoms with Crippen molar-refractivity contribution in [1.29, 1.82) is 0 Å². The molecule has 0 radical (unpaired) electrons. The highest BCUT2D eigenvalue weighted by Gasteiger charge is 2.13. The lowest BCUT2D eigenvalue weighted by atomic mass is 9.86. The average molecular weight is 280 g/mol. The first-order valence-corrected chi connectivity index (χ1v) is 8.19. The van der Waals surface area contributed by atoms with Crippen LogP contribution in [0.5, 0.6) is 0 Å². The second kappa shape index (κ2) is 6.47. The highest BCUT2D eigenvalue weighted by atomic mass is 14.2. The summed E-state index contributed by atoms with van der Waals surface area (Å²) in [6.07, 6.45) is 2.29. The van der Waals surface area contributed by atoms with Crippen LogP contribution in [0.1, 0.15) is 60.9 Å². The maximum absolute atomic E-state index is 2.39. The summed E-state index contributed by atoms with van der Waals surface area (Å²) in [7, 11) is 0. The van der Waals surface area contributed by atoms with E-state index >= 15 is 0 Å². The van der Waals surface area contributed by atoms with Crippen molar-refractivity contribution >= 4 is 0 Å². The normalized spacial score (nSPS) is 12.5. The maximum atomic E-state index is 2.39. The van der Waals surface area contributed by atoms with Crippen LogP contribution in [0.3, 0.4) is 0 Å². The molecule has 112 valence electrons. The smallest absolute Gasteiger partial charge is 0.0122 e. The van der Waals surface area contributed by atoms with E-state index in [4.69, 9.17) is 0 Å². The summed E-state index contributed by atoms with van der Waals surface area (Å²) < 4.78 is 0. The van der Waals surface area contributed by atoms with E-state index in [9.17, 15) is 0 Å². The lowest BCUT2D eigenvalue weighted by molar-refractivity contribution is 0.732. The van der Waals surface area contributed by atoms with E-state index in [0.29, 0.717) is 5.92 Å². The number of aryl methyl sites for hydroxylation is 3. The molecule has 2 aromatic carbocycles. The molecule has 0 fully saturated rings. The quantitative estimate of drug-likeness (QED) is 0.611.